The van der Waals surface area contributed by atoms with Crippen LogP contribution in [-0.2, 0) is 9.31 Å². The van der Waals surface area contributed by atoms with E-state index >= 15 is 0 Å². The highest BCUT2D eigenvalue weighted by Crippen LogP contribution is 2.49. The Labute approximate surface area is 146 Å². The highest BCUT2D eigenvalue weighted by molar-refractivity contribution is 6.53. The molecule has 0 amide bonds. The highest BCUT2D eigenvalue weighted by atomic mass is 35.5. The molecule has 0 bridgehead atoms. The first-order valence-electron chi connectivity index (χ1n) is 7.98. The van der Waals surface area contributed by atoms with Crippen molar-refractivity contribution in [2.24, 2.45) is 5.41 Å². The first kappa shape index (κ1) is 17.6. The predicted molar refractivity (Wildman–Crippen MR) is 89.5 cm³/mol. The number of aromatic nitrogens is 2. The van der Waals surface area contributed by atoms with Gasteiger partial charge < -0.3 is 14.0 Å². The van der Waals surface area contributed by atoms with E-state index in [0.717, 1.165) is 12.8 Å². The Morgan fingerprint density at radius 1 is 1.25 bits per heavy atom. The largest absolute Gasteiger partial charge is 0.524 e. The third kappa shape index (κ3) is 3.58. The molecule has 0 aromatic carbocycles. The van der Waals surface area contributed by atoms with Crippen molar-refractivity contribution >= 4 is 18.7 Å². The normalized spacial score (nSPS) is 24.1. The molecule has 2 heterocycles. The van der Waals surface area contributed by atoms with Crippen molar-refractivity contribution in [3.63, 3.8) is 0 Å². The van der Waals surface area contributed by atoms with E-state index < -0.39 is 24.0 Å². The van der Waals surface area contributed by atoms with Crippen LogP contribution in [0.25, 0.3) is 0 Å². The van der Waals surface area contributed by atoms with E-state index in [0.29, 0.717) is 17.6 Å². The molecule has 1 saturated carbocycles. The quantitative estimate of drug-likeness (QED) is 0.753. The molecule has 1 aromatic rings. The molecule has 8 heteroatoms. The fraction of sp³-hybridized carbons (Fsp3) is 0.625. The zero-order chi connectivity index (χ0) is 17.6. The van der Waals surface area contributed by atoms with Gasteiger partial charge in [0, 0.05) is 11.5 Å². The smallest absolute Gasteiger partial charge is 0.476 e. The number of hydrogen-bond donors (Lipinski definition) is 0. The summed E-state index contributed by atoms with van der Waals surface area (Å²) in [5.74, 6) is 0.370. The van der Waals surface area contributed by atoms with Gasteiger partial charge in [0.15, 0.2) is 5.15 Å². The maximum absolute atomic E-state index is 14.6. The number of rotatable bonds is 5. The van der Waals surface area contributed by atoms with Gasteiger partial charge in [0.1, 0.15) is 5.73 Å². The number of ether oxygens (including phenoxy) is 1. The van der Waals surface area contributed by atoms with Crippen LogP contribution in [0, 0.1) is 5.41 Å². The highest BCUT2D eigenvalue weighted by Gasteiger charge is 2.54. The van der Waals surface area contributed by atoms with Crippen LogP contribution in [0.3, 0.4) is 0 Å². The van der Waals surface area contributed by atoms with Crippen molar-refractivity contribution in [1.29, 1.82) is 0 Å². The zero-order valence-corrected chi connectivity index (χ0v) is 15.1. The second-order valence-corrected chi connectivity index (χ2v) is 7.85. The average Bonchev–Trinajstić information content (AvgIpc) is 3.20. The van der Waals surface area contributed by atoms with Gasteiger partial charge in [0.05, 0.1) is 17.8 Å². The minimum atomic E-state index is -0.970. The van der Waals surface area contributed by atoms with Gasteiger partial charge in [-0.1, -0.05) is 11.6 Å². The van der Waals surface area contributed by atoms with Crippen LogP contribution in [-0.4, -0.2) is 35.1 Å². The molecule has 1 aliphatic heterocycles. The molecule has 1 aromatic heterocycles. The SMILES string of the molecule is CC1(C)OB(C(F)=CC2(COc3ccc(Cl)nn3)CC2)OC1(C)C. The van der Waals surface area contributed by atoms with Gasteiger partial charge in [-0.05, 0) is 52.7 Å². The summed E-state index contributed by atoms with van der Waals surface area (Å²) >= 11 is 5.69. The van der Waals surface area contributed by atoms with E-state index in [1.165, 1.54) is 0 Å². The Morgan fingerprint density at radius 2 is 1.88 bits per heavy atom. The van der Waals surface area contributed by atoms with Crippen LogP contribution < -0.4 is 4.74 Å². The monoisotopic (exact) mass is 354 g/mol. The van der Waals surface area contributed by atoms with Crippen molar-refractivity contribution in [3.05, 3.63) is 29.1 Å². The molecular formula is C16H21BClFN2O3. The lowest BCUT2D eigenvalue weighted by molar-refractivity contribution is 0.00578. The molecule has 1 aliphatic carbocycles. The number of halogens is 2. The van der Waals surface area contributed by atoms with E-state index in [-0.39, 0.29) is 5.41 Å². The van der Waals surface area contributed by atoms with Crippen molar-refractivity contribution in [1.82, 2.24) is 10.2 Å². The molecule has 0 radical (unpaired) electrons. The Hall–Kier alpha value is -1.18. The lowest BCUT2D eigenvalue weighted by atomic mass is 9.85. The second kappa shape index (κ2) is 5.97. The van der Waals surface area contributed by atoms with E-state index in [2.05, 4.69) is 10.2 Å². The van der Waals surface area contributed by atoms with Crippen LogP contribution in [0.1, 0.15) is 40.5 Å². The van der Waals surface area contributed by atoms with E-state index in [9.17, 15) is 4.39 Å². The van der Waals surface area contributed by atoms with Gasteiger partial charge in [-0.25, -0.2) is 4.39 Å². The molecule has 2 aliphatic rings. The van der Waals surface area contributed by atoms with Crippen molar-refractivity contribution in [3.8, 4) is 5.88 Å². The molecule has 1 saturated heterocycles. The maximum Gasteiger partial charge on any atom is 0.524 e. The van der Waals surface area contributed by atoms with Crippen LogP contribution >= 0.6 is 11.6 Å². The molecule has 0 N–H and O–H groups in total. The molecule has 0 spiro atoms. The van der Waals surface area contributed by atoms with Crippen molar-refractivity contribution < 1.29 is 18.4 Å². The van der Waals surface area contributed by atoms with Gasteiger partial charge in [-0.15, -0.1) is 10.2 Å². The Bertz CT molecular complexity index is 631. The van der Waals surface area contributed by atoms with E-state index in [1.54, 1.807) is 18.2 Å². The standard InChI is InChI=1S/C16H21BClFN2O3/c1-14(2)15(3,4)24-17(23-14)11(19)9-16(7-8-16)10-22-13-6-5-12(18)20-21-13/h5-6,9H,7-8,10H2,1-4H3. The van der Waals surface area contributed by atoms with Gasteiger partial charge in [0.2, 0.25) is 5.88 Å². The van der Waals surface area contributed by atoms with E-state index in [1.807, 2.05) is 27.7 Å². The van der Waals surface area contributed by atoms with Gasteiger partial charge in [-0.2, -0.15) is 0 Å². The van der Waals surface area contributed by atoms with Gasteiger partial charge >= 0.3 is 7.12 Å². The van der Waals surface area contributed by atoms with Gasteiger partial charge in [-0.3, -0.25) is 0 Å². The first-order valence-corrected chi connectivity index (χ1v) is 8.36. The number of hydrogen-bond acceptors (Lipinski definition) is 5. The van der Waals surface area contributed by atoms with Crippen LogP contribution in [0.5, 0.6) is 5.88 Å². The maximum atomic E-state index is 14.6. The molecule has 2 fully saturated rings. The summed E-state index contributed by atoms with van der Waals surface area (Å²) in [6.07, 6.45) is 3.26. The Balaban J connectivity index is 1.63. The summed E-state index contributed by atoms with van der Waals surface area (Å²) in [4.78, 5) is 0. The molecule has 130 valence electrons. The number of nitrogens with zero attached hydrogens (tertiary/aromatic N) is 2. The third-order valence-electron chi connectivity index (χ3n) is 4.93. The summed E-state index contributed by atoms with van der Waals surface area (Å²) in [6.45, 7) is 7.92. The molecule has 0 unspecified atom stereocenters. The van der Waals surface area contributed by atoms with Crippen LogP contribution in [0.15, 0.2) is 23.9 Å². The topological polar surface area (TPSA) is 53.5 Å². The summed E-state index contributed by atoms with van der Waals surface area (Å²) < 4.78 is 31.7. The van der Waals surface area contributed by atoms with E-state index in [4.69, 9.17) is 25.6 Å². The molecule has 5 nitrogen and oxygen atoms in total. The van der Waals surface area contributed by atoms with Crippen LogP contribution in [0.4, 0.5) is 4.39 Å². The van der Waals surface area contributed by atoms with Crippen LogP contribution in [0.2, 0.25) is 5.15 Å². The Kier molecular flexibility index (Phi) is 4.39. The molecule has 0 atom stereocenters. The van der Waals surface area contributed by atoms with Gasteiger partial charge in [0.25, 0.3) is 0 Å². The van der Waals surface area contributed by atoms with Crippen molar-refractivity contribution in [2.45, 2.75) is 51.7 Å². The summed E-state index contributed by atoms with van der Waals surface area (Å²) in [5, 5.41) is 7.85. The fourth-order valence-electron chi connectivity index (χ4n) is 2.41. The molecular weight excluding hydrogens is 333 g/mol. The molecule has 3 rings (SSSR count). The molecule has 24 heavy (non-hydrogen) atoms. The van der Waals surface area contributed by atoms with Crippen molar-refractivity contribution in [2.75, 3.05) is 6.61 Å². The lowest BCUT2D eigenvalue weighted by Gasteiger charge is -2.32. The summed E-state index contributed by atoms with van der Waals surface area (Å²) in [6, 6.07) is 3.24. The third-order valence-corrected chi connectivity index (χ3v) is 5.13. The Morgan fingerprint density at radius 3 is 2.38 bits per heavy atom. The summed E-state index contributed by atoms with van der Waals surface area (Å²) in [5.41, 5.74) is -1.87. The minimum absolute atomic E-state index is 0.301. The zero-order valence-electron chi connectivity index (χ0n) is 14.3. The lowest BCUT2D eigenvalue weighted by Crippen LogP contribution is -2.41. The minimum Gasteiger partial charge on any atom is -0.476 e. The average molecular weight is 355 g/mol. The second-order valence-electron chi connectivity index (χ2n) is 7.46. The predicted octanol–water partition coefficient (Wildman–Crippen LogP) is 3.77. The fourth-order valence-corrected chi connectivity index (χ4v) is 2.51. The summed E-state index contributed by atoms with van der Waals surface area (Å²) in [7, 11) is -0.970. The first-order chi connectivity index (χ1) is 11.1.